The van der Waals surface area contributed by atoms with Gasteiger partial charge in [0.05, 0.1) is 30.7 Å². The third-order valence-electron chi connectivity index (χ3n) is 12.6. The van der Waals surface area contributed by atoms with Crippen LogP contribution in [0.5, 0.6) is 11.5 Å². The van der Waals surface area contributed by atoms with Gasteiger partial charge in [-0.3, -0.25) is 19.2 Å². The van der Waals surface area contributed by atoms with Crippen LogP contribution >= 0.6 is 46.4 Å². The van der Waals surface area contributed by atoms with Crippen LogP contribution in [0, 0.1) is 6.92 Å². The van der Waals surface area contributed by atoms with Gasteiger partial charge in [0.15, 0.2) is 11.0 Å². The second-order valence-electron chi connectivity index (χ2n) is 17.2. The van der Waals surface area contributed by atoms with E-state index in [1.165, 1.54) is 0 Å². The number of benzene rings is 4. The van der Waals surface area contributed by atoms with Gasteiger partial charge in [0.25, 0.3) is 0 Å². The molecule has 0 saturated carbocycles. The largest absolute Gasteiger partial charge is 0.490 e. The van der Waals surface area contributed by atoms with Crippen molar-refractivity contribution in [2.24, 2.45) is 0 Å². The van der Waals surface area contributed by atoms with Crippen molar-refractivity contribution in [3.63, 3.8) is 0 Å². The zero-order chi connectivity index (χ0) is 46.6. The van der Waals surface area contributed by atoms with E-state index in [2.05, 4.69) is 19.2 Å². The first-order chi connectivity index (χ1) is 31.9. The van der Waals surface area contributed by atoms with E-state index in [1.54, 1.807) is 40.1 Å². The Morgan fingerprint density at radius 3 is 1.47 bits per heavy atom. The highest BCUT2D eigenvalue weighted by molar-refractivity contribution is 7.83. The van der Waals surface area contributed by atoms with E-state index in [-0.39, 0.29) is 38.1 Å². The molecule has 6 N–H and O–H groups in total. The second kappa shape index (κ2) is 27.1. The molecule has 4 aromatic rings. The molecule has 4 fully saturated rings. The topological polar surface area (TPSA) is 187 Å². The first-order valence-electron chi connectivity index (χ1n) is 22.6. The summed E-state index contributed by atoms with van der Waals surface area (Å²) in [5, 5.41) is 2.07. The number of nitrogens with zero attached hydrogens (tertiary/aromatic N) is 4. The molecule has 376 valence electrons. The molecule has 2 atom stereocenters. The number of urea groups is 2. The number of piperidine rings is 4. The maximum absolute atomic E-state index is 12.6. The highest BCUT2D eigenvalue weighted by Crippen LogP contribution is 2.31. The van der Waals surface area contributed by atoms with Gasteiger partial charge in [0.2, 0.25) is 0 Å². The normalized spacial score (nSPS) is 18.7. The van der Waals surface area contributed by atoms with Crippen LogP contribution in [0.1, 0.15) is 65.3 Å². The number of carbonyl (C=O) groups is 2. The molecule has 4 aromatic carbocycles. The molecule has 4 aliphatic heterocycles. The van der Waals surface area contributed by atoms with Crippen molar-refractivity contribution in [1.29, 1.82) is 0 Å². The number of amides is 4. The first kappa shape index (κ1) is 55.2. The Bertz CT molecular complexity index is 2310. The molecule has 0 bridgehead atoms. The fraction of sp³-hybridized carbons (Fsp3) is 0.458. The number of carbonyl (C=O) groups excluding carboxylic acids is 2. The summed E-state index contributed by atoms with van der Waals surface area (Å²) >= 11 is 24.1. The monoisotopic (exact) mass is 1060 g/mol. The quantitative estimate of drug-likeness (QED) is 0.149. The van der Waals surface area contributed by atoms with Crippen molar-refractivity contribution in [2.75, 3.05) is 52.4 Å². The zero-order valence-electron chi connectivity index (χ0n) is 38.1. The molecule has 2 unspecified atom stereocenters. The lowest BCUT2D eigenvalue weighted by Crippen LogP contribution is -2.52. The fourth-order valence-corrected chi connectivity index (χ4v) is 11.3. The molecule has 14 nitrogen and oxygen atoms in total. The minimum atomic E-state index is -1.54. The van der Waals surface area contributed by atoms with Crippen molar-refractivity contribution in [2.45, 2.75) is 93.2 Å². The summed E-state index contributed by atoms with van der Waals surface area (Å²) in [7, 11) is -2.96. The third kappa shape index (κ3) is 16.2. The van der Waals surface area contributed by atoms with Gasteiger partial charge in [-0.25, -0.2) is 18.0 Å². The Balaban J connectivity index is 0.000000350. The summed E-state index contributed by atoms with van der Waals surface area (Å²) in [5.41, 5.74) is 1.96. The summed E-state index contributed by atoms with van der Waals surface area (Å²) in [6.07, 6.45) is 7.86. The SMILES string of the molecule is Cc1cccc(S(=O)NC(=O)N2CCC(N3CCC(Oc4ccc(Cl)c(Cl)c4)CC3)CC2)c1.O.O.O=C(NS(=O)Cc1ccccc1)N1CCC(N2CCC(Oc3ccc(Cl)c(Cl)c3)CC2)CC1.[HH].[HH]. The minimum absolute atomic E-state index is 0. The lowest BCUT2D eigenvalue weighted by atomic mass is 9.99. The van der Waals surface area contributed by atoms with Gasteiger partial charge >= 0.3 is 12.1 Å². The smallest absolute Gasteiger partial charge is 0.329 e. The van der Waals surface area contributed by atoms with E-state index in [0.29, 0.717) is 69.0 Å². The standard InChI is InChI=1S/2C24H29Cl2N3O3S.2H2O.2H2/c1-17-3-2-4-21(15-17)33(31)27-24(30)29-11-7-18(8-12-29)28-13-9-19(10-14-28)32-20-5-6-22(25)23(26)16-20;25-22-7-6-21(16-23(22)26)32-20-10-14-28(15-11-20)19-8-12-29(13-9-19)24(30)27-33(31)17-18-4-2-1-3-5-18;;;;/h2-6,15-16,18-19H,7-14H2,1H3,(H,27,30);1-7,16,19-20H,8-15,17H2,(H,27,30);2*1H2;2*1H. The van der Waals surface area contributed by atoms with Crippen LogP contribution in [-0.4, -0.2) is 128 Å². The Kier molecular flexibility index (Phi) is 22.0. The predicted octanol–water partition coefficient (Wildman–Crippen LogP) is 8.76. The Labute approximate surface area is 427 Å². The average molecular weight is 1060 g/mol. The summed E-state index contributed by atoms with van der Waals surface area (Å²) in [5.74, 6) is 1.83. The zero-order valence-corrected chi connectivity index (χ0v) is 42.7. The van der Waals surface area contributed by atoms with Crippen molar-refractivity contribution in [3.05, 3.63) is 122 Å². The molecule has 0 aromatic heterocycles. The maximum Gasteiger partial charge on any atom is 0.329 e. The molecular weight excluding hydrogens is 995 g/mol. The Morgan fingerprint density at radius 2 is 1.03 bits per heavy atom. The Morgan fingerprint density at radius 1 is 0.574 bits per heavy atom. The first-order valence-corrected chi connectivity index (χ1v) is 26.6. The van der Waals surface area contributed by atoms with Gasteiger partial charge in [-0.2, -0.15) is 0 Å². The number of halogens is 4. The summed E-state index contributed by atoms with van der Waals surface area (Å²) in [6, 6.07) is 28.1. The molecule has 4 aliphatic rings. The predicted molar refractivity (Wildman–Crippen MR) is 277 cm³/mol. The lowest BCUT2D eigenvalue weighted by Gasteiger charge is -2.41. The van der Waals surface area contributed by atoms with Gasteiger partial charge in [0, 0.05) is 79.4 Å². The molecular formula is C48H66Cl4N6O8S2. The van der Waals surface area contributed by atoms with Crippen LogP contribution < -0.4 is 18.9 Å². The highest BCUT2D eigenvalue weighted by Gasteiger charge is 2.32. The second-order valence-corrected chi connectivity index (χ2v) is 21.2. The molecule has 20 heteroatoms. The van der Waals surface area contributed by atoms with Crippen molar-refractivity contribution >= 4 is 80.4 Å². The van der Waals surface area contributed by atoms with Crippen molar-refractivity contribution in [1.82, 2.24) is 29.0 Å². The van der Waals surface area contributed by atoms with Crippen LogP contribution in [0.25, 0.3) is 0 Å². The van der Waals surface area contributed by atoms with Crippen LogP contribution in [0.3, 0.4) is 0 Å². The number of hydrogen-bond acceptors (Lipinski definition) is 8. The molecule has 4 saturated heterocycles. The number of rotatable bonds is 11. The molecule has 68 heavy (non-hydrogen) atoms. The minimum Gasteiger partial charge on any atom is -0.490 e. The summed E-state index contributed by atoms with van der Waals surface area (Å²) < 4.78 is 42.2. The van der Waals surface area contributed by atoms with Crippen LogP contribution in [0.2, 0.25) is 20.1 Å². The van der Waals surface area contributed by atoms with E-state index >= 15 is 0 Å². The maximum atomic E-state index is 12.6. The molecule has 0 radical (unpaired) electrons. The number of nitrogens with one attached hydrogen (secondary N) is 2. The number of hydrogen-bond donors (Lipinski definition) is 2. The molecule has 0 spiro atoms. The van der Waals surface area contributed by atoms with Gasteiger partial charge in [-0.1, -0.05) is 88.9 Å². The van der Waals surface area contributed by atoms with Crippen LogP contribution in [-0.2, 0) is 27.7 Å². The van der Waals surface area contributed by atoms with E-state index in [0.717, 1.165) is 100 Å². The number of aryl methyl sites for hydroxylation is 1. The average Bonchev–Trinajstić information content (AvgIpc) is 3.32. The lowest BCUT2D eigenvalue weighted by molar-refractivity contribution is 0.0537. The van der Waals surface area contributed by atoms with E-state index in [4.69, 9.17) is 55.9 Å². The van der Waals surface area contributed by atoms with Gasteiger partial charge in [-0.15, -0.1) is 0 Å². The van der Waals surface area contributed by atoms with Crippen LogP contribution in [0.15, 0.2) is 95.9 Å². The van der Waals surface area contributed by atoms with Crippen molar-refractivity contribution in [3.8, 4) is 11.5 Å². The number of ether oxygens (including phenoxy) is 2. The highest BCUT2D eigenvalue weighted by atomic mass is 35.5. The fourth-order valence-electron chi connectivity index (χ4n) is 8.93. The van der Waals surface area contributed by atoms with Crippen LogP contribution in [0.4, 0.5) is 9.59 Å². The van der Waals surface area contributed by atoms with E-state index in [9.17, 15) is 18.0 Å². The van der Waals surface area contributed by atoms with Gasteiger partial charge in [-0.05, 0) is 106 Å². The van der Waals surface area contributed by atoms with Gasteiger partial charge < -0.3 is 30.2 Å². The third-order valence-corrected chi connectivity index (χ3v) is 16.1. The Hall–Kier alpha value is -3.68. The molecule has 0 aliphatic carbocycles. The van der Waals surface area contributed by atoms with Gasteiger partial charge in [0.1, 0.15) is 34.7 Å². The molecule has 8 rings (SSSR count). The number of likely N-dealkylation sites (tertiary alicyclic amines) is 4. The summed E-state index contributed by atoms with van der Waals surface area (Å²) in [6.45, 7) is 8.53. The molecule has 4 amide bonds. The summed E-state index contributed by atoms with van der Waals surface area (Å²) in [4.78, 5) is 34.3. The van der Waals surface area contributed by atoms with E-state index < -0.39 is 22.0 Å². The molecule has 4 heterocycles. The van der Waals surface area contributed by atoms with Crippen molar-refractivity contribution < 1.29 is 41.3 Å². The van der Waals surface area contributed by atoms with E-state index in [1.807, 2.05) is 67.6 Å².